The molecule has 21 heavy (non-hydrogen) atoms. The van der Waals surface area contributed by atoms with Gasteiger partial charge in [-0.05, 0) is 37.1 Å². The van der Waals surface area contributed by atoms with E-state index in [-0.39, 0.29) is 6.04 Å². The zero-order valence-electron chi connectivity index (χ0n) is 11.9. The maximum absolute atomic E-state index is 10.4. The molecule has 2 atom stereocenters. The van der Waals surface area contributed by atoms with Gasteiger partial charge in [0.25, 0.3) is 0 Å². The Morgan fingerprint density at radius 2 is 2.19 bits per heavy atom. The predicted octanol–water partition coefficient (Wildman–Crippen LogP) is 2.90. The quantitative estimate of drug-likeness (QED) is 0.941. The first kappa shape index (κ1) is 14.5. The summed E-state index contributed by atoms with van der Waals surface area (Å²) in [5, 5.41) is 15.1. The molecule has 0 spiro atoms. The zero-order chi connectivity index (χ0) is 14.8. The minimum atomic E-state index is -0.545. The Morgan fingerprint density at radius 3 is 2.86 bits per heavy atom. The van der Waals surface area contributed by atoms with E-state index in [1.54, 1.807) is 19.1 Å². The van der Waals surface area contributed by atoms with Gasteiger partial charge in [-0.3, -0.25) is 4.90 Å². The lowest BCUT2D eigenvalue weighted by atomic mass is 10.1. The predicted molar refractivity (Wildman–Crippen MR) is 79.0 cm³/mol. The van der Waals surface area contributed by atoms with E-state index in [1.165, 1.54) is 0 Å². The van der Waals surface area contributed by atoms with Crippen LogP contribution in [0.4, 0.5) is 0 Å². The molecule has 5 nitrogen and oxygen atoms in total. The van der Waals surface area contributed by atoms with Crippen LogP contribution in [0.3, 0.4) is 0 Å². The first-order valence-electron chi connectivity index (χ1n) is 7.11. The summed E-state index contributed by atoms with van der Waals surface area (Å²) in [6.07, 6.45) is 1.52. The standard InChI is InChI=1S/C15H18ClN3O2/c1-10-17-15(18-21-10)13-3-2-8-19(13)9-14(20)11-4-6-12(16)7-5-11/h4-7,13-14,20H,2-3,8-9H2,1H3. The van der Waals surface area contributed by atoms with Crippen molar-refractivity contribution < 1.29 is 9.63 Å². The molecule has 2 unspecified atom stereocenters. The minimum absolute atomic E-state index is 0.129. The number of rotatable bonds is 4. The van der Waals surface area contributed by atoms with Gasteiger partial charge in [-0.15, -0.1) is 0 Å². The molecule has 2 heterocycles. The second kappa shape index (κ2) is 6.13. The SMILES string of the molecule is Cc1nc(C2CCCN2CC(O)c2ccc(Cl)cc2)no1. The molecule has 1 saturated heterocycles. The van der Waals surface area contributed by atoms with E-state index in [0.29, 0.717) is 23.3 Å². The highest BCUT2D eigenvalue weighted by molar-refractivity contribution is 6.30. The Hall–Kier alpha value is -1.43. The summed E-state index contributed by atoms with van der Waals surface area (Å²) in [4.78, 5) is 6.53. The van der Waals surface area contributed by atoms with Crippen molar-refractivity contribution in [2.24, 2.45) is 0 Å². The van der Waals surface area contributed by atoms with Crippen molar-refractivity contribution in [3.05, 3.63) is 46.6 Å². The number of aryl methyl sites for hydroxylation is 1. The lowest BCUT2D eigenvalue weighted by Gasteiger charge is -2.24. The van der Waals surface area contributed by atoms with Crippen LogP contribution in [0.15, 0.2) is 28.8 Å². The number of hydrogen-bond acceptors (Lipinski definition) is 5. The summed E-state index contributed by atoms with van der Waals surface area (Å²) in [6.45, 7) is 3.28. The Kier molecular flexibility index (Phi) is 4.24. The highest BCUT2D eigenvalue weighted by atomic mass is 35.5. The van der Waals surface area contributed by atoms with Gasteiger partial charge in [0.1, 0.15) is 0 Å². The second-order valence-electron chi connectivity index (χ2n) is 5.39. The number of nitrogens with zero attached hydrogens (tertiary/aromatic N) is 3. The summed E-state index contributed by atoms with van der Waals surface area (Å²) in [5.41, 5.74) is 0.870. The average Bonchev–Trinajstić information content (AvgIpc) is 3.08. The van der Waals surface area contributed by atoms with Gasteiger partial charge in [-0.1, -0.05) is 28.9 Å². The molecule has 1 aliphatic heterocycles. The van der Waals surface area contributed by atoms with E-state index >= 15 is 0 Å². The molecule has 1 N–H and O–H groups in total. The van der Waals surface area contributed by atoms with Crippen LogP contribution in [0.25, 0.3) is 0 Å². The van der Waals surface area contributed by atoms with Gasteiger partial charge in [0, 0.05) is 18.5 Å². The minimum Gasteiger partial charge on any atom is -0.387 e. The lowest BCUT2D eigenvalue weighted by Crippen LogP contribution is -2.29. The monoisotopic (exact) mass is 307 g/mol. The number of hydrogen-bond donors (Lipinski definition) is 1. The number of benzene rings is 1. The summed E-state index contributed by atoms with van der Waals surface area (Å²) in [7, 11) is 0. The average molecular weight is 308 g/mol. The van der Waals surface area contributed by atoms with Crippen molar-refractivity contribution in [3.63, 3.8) is 0 Å². The van der Waals surface area contributed by atoms with Crippen molar-refractivity contribution in [3.8, 4) is 0 Å². The third-order valence-electron chi connectivity index (χ3n) is 3.87. The molecule has 6 heteroatoms. The third kappa shape index (κ3) is 3.26. The first-order chi connectivity index (χ1) is 10.1. The molecule has 3 rings (SSSR count). The Morgan fingerprint density at radius 1 is 1.43 bits per heavy atom. The van der Waals surface area contributed by atoms with Crippen LogP contribution in [-0.4, -0.2) is 33.2 Å². The number of aromatic nitrogens is 2. The van der Waals surface area contributed by atoms with Gasteiger partial charge < -0.3 is 9.63 Å². The van der Waals surface area contributed by atoms with Crippen LogP contribution in [0.1, 0.15) is 42.3 Å². The molecule has 0 radical (unpaired) electrons. The van der Waals surface area contributed by atoms with Crippen molar-refractivity contribution in [1.29, 1.82) is 0 Å². The molecule has 1 aromatic carbocycles. The molecule has 1 fully saturated rings. The van der Waals surface area contributed by atoms with E-state index in [2.05, 4.69) is 15.0 Å². The Labute approximate surface area is 128 Å². The van der Waals surface area contributed by atoms with Gasteiger partial charge in [0.15, 0.2) is 5.82 Å². The van der Waals surface area contributed by atoms with Crippen molar-refractivity contribution in [2.45, 2.75) is 31.9 Å². The van der Waals surface area contributed by atoms with E-state index in [4.69, 9.17) is 16.1 Å². The van der Waals surface area contributed by atoms with E-state index in [1.807, 2.05) is 12.1 Å². The fourth-order valence-corrected chi connectivity index (χ4v) is 2.93. The number of β-amino-alcohol motifs (C(OH)–C–C–N with tert-alkyl or cyclic N) is 1. The topological polar surface area (TPSA) is 62.4 Å². The number of aliphatic hydroxyl groups excluding tert-OH is 1. The first-order valence-corrected chi connectivity index (χ1v) is 7.49. The van der Waals surface area contributed by atoms with E-state index in [9.17, 15) is 5.11 Å². The highest BCUT2D eigenvalue weighted by Crippen LogP contribution is 2.32. The van der Waals surface area contributed by atoms with Crippen LogP contribution in [0, 0.1) is 6.92 Å². The molecule has 2 aromatic rings. The molecular weight excluding hydrogens is 290 g/mol. The fourth-order valence-electron chi connectivity index (χ4n) is 2.80. The van der Waals surface area contributed by atoms with Gasteiger partial charge in [-0.2, -0.15) is 4.98 Å². The Balaban J connectivity index is 1.69. The third-order valence-corrected chi connectivity index (χ3v) is 4.12. The van der Waals surface area contributed by atoms with Gasteiger partial charge in [0.05, 0.1) is 12.1 Å². The van der Waals surface area contributed by atoms with Crippen molar-refractivity contribution in [2.75, 3.05) is 13.1 Å². The van der Waals surface area contributed by atoms with Crippen LogP contribution in [0.5, 0.6) is 0 Å². The summed E-state index contributed by atoms with van der Waals surface area (Å²) >= 11 is 5.87. The lowest BCUT2D eigenvalue weighted by molar-refractivity contribution is 0.103. The molecule has 0 saturated carbocycles. The van der Waals surface area contributed by atoms with Crippen LogP contribution in [0.2, 0.25) is 5.02 Å². The molecule has 1 aromatic heterocycles. The highest BCUT2D eigenvalue weighted by Gasteiger charge is 2.31. The van der Waals surface area contributed by atoms with Crippen LogP contribution in [-0.2, 0) is 0 Å². The second-order valence-corrected chi connectivity index (χ2v) is 5.83. The normalized spacial score (nSPS) is 20.8. The summed E-state index contributed by atoms with van der Waals surface area (Å²) < 4.78 is 5.06. The zero-order valence-corrected chi connectivity index (χ0v) is 12.6. The van der Waals surface area contributed by atoms with E-state index < -0.39 is 6.10 Å². The van der Waals surface area contributed by atoms with Crippen LogP contribution >= 0.6 is 11.6 Å². The van der Waals surface area contributed by atoms with Gasteiger partial charge in [-0.25, -0.2) is 0 Å². The maximum atomic E-state index is 10.4. The summed E-state index contributed by atoms with van der Waals surface area (Å²) in [6, 6.07) is 7.44. The number of aliphatic hydroxyl groups is 1. The smallest absolute Gasteiger partial charge is 0.223 e. The molecule has 1 aliphatic rings. The maximum Gasteiger partial charge on any atom is 0.223 e. The number of likely N-dealkylation sites (tertiary alicyclic amines) is 1. The molecule has 0 aliphatic carbocycles. The fraction of sp³-hybridized carbons (Fsp3) is 0.467. The van der Waals surface area contributed by atoms with E-state index in [0.717, 1.165) is 24.9 Å². The van der Waals surface area contributed by atoms with Gasteiger partial charge >= 0.3 is 0 Å². The van der Waals surface area contributed by atoms with Crippen LogP contribution < -0.4 is 0 Å². The number of halogens is 1. The van der Waals surface area contributed by atoms with Gasteiger partial charge in [0.2, 0.25) is 5.89 Å². The molecular formula is C15H18ClN3O2. The van der Waals surface area contributed by atoms with Crippen molar-refractivity contribution in [1.82, 2.24) is 15.0 Å². The van der Waals surface area contributed by atoms with Crippen molar-refractivity contribution >= 4 is 11.6 Å². The summed E-state index contributed by atoms with van der Waals surface area (Å²) in [5.74, 6) is 1.29. The molecule has 0 bridgehead atoms. The molecule has 0 amide bonds. The largest absolute Gasteiger partial charge is 0.387 e. The Bertz CT molecular complexity index is 599. The molecule has 112 valence electrons.